The quantitative estimate of drug-likeness (QED) is 0.898. The summed E-state index contributed by atoms with van der Waals surface area (Å²) >= 11 is 3.43. The van der Waals surface area contributed by atoms with Crippen LogP contribution in [0.2, 0.25) is 0 Å². The molecule has 0 saturated heterocycles. The summed E-state index contributed by atoms with van der Waals surface area (Å²) in [5, 5.41) is 10.5. The monoisotopic (exact) mass is 336 g/mol. The van der Waals surface area contributed by atoms with E-state index in [4.69, 9.17) is 9.47 Å². The Bertz CT molecular complexity index is 584. The van der Waals surface area contributed by atoms with Crippen molar-refractivity contribution in [1.82, 2.24) is 0 Å². The molecule has 0 heterocycles. The molecule has 0 aliphatic carbocycles. The summed E-state index contributed by atoms with van der Waals surface area (Å²) in [7, 11) is 1.61. The van der Waals surface area contributed by atoms with Crippen molar-refractivity contribution >= 4 is 15.9 Å². The number of aliphatic hydroxyl groups excluding tert-OH is 1. The fourth-order valence-electron chi connectivity index (χ4n) is 2.03. The number of rotatable bonds is 5. The van der Waals surface area contributed by atoms with Gasteiger partial charge in [0.1, 0.15) is 17.6 Å². The van der Waals surface area contributed by atoms with E-state index < -0.39 is 6.10 Å². The highest BCUT2D eigenvalue weighted by Crippen LogP contribution is 2.33. The lowest BCUT2D eigenvalue weighted by Crippen LogP contribution is -2.04. The number of para-hydroxylation sites is 1. The van der Waals surface area contributed by atoms with Crippen molar-refractivity contribution in [3.63, 3.8) is 0 Å². The summed E-state index contributed by atoms with van der Waals surface area (Å²) in [4.78, 5) is 0. The Labute approximate surface area is 127 Å². The van der Waals surface area contributed by atoms with Gasteiger partial charge in [0, 0.05) is 5.56 Å². The molecular formula is C16H17BrO3. The molecule has 0 aliphatic rings. The second-order valence-electron chi connectivity index (χ2n) is 4.27. The van der Waals surface area contributed by atoms with E-state index in [-0.39, 0.29) is 0 Å². The van der Waals surface area contributed by atoms with E-state index >= 15 is 0 Å². The first-order valence-corrected chi connectivity index (χ1v) is 7.20. The van der Waals surface area contributed by atoms with Gasteiger partial charge in [-0.25, -0.2) is 0 Å². The second-order valence-corrected chi connectivity index (χ2v) is 5.12. The third-order valence-corrected chi connectivity index (χ3v) is 3.62. The number of benzene rings is 2. The van der Waals surface area contributed by atoms with Gasteiger partial charge < -0.3 is 14.6 Å². The molecule has 0 spiro atoms. The summed E-state index contributed by atoms with van der Waals surface area (Å²) in [6.45, 7) is 2.49. The Morgan fingerprint density at radius 3 is 2.55 bits per heavy atom. The third-order valence-electron chi connectivity index (χ3n) is 3.01. The summed E-state index contributed by atoms with van der Waals surface area (Å²) in [6.07, 6.45) is -0.736. The molecule has 2 aromatic rings. The molecule has 1 unspecified atom stereocenters. The highest BCUT2D eigenvalue weighted by atomic mass is 79.9. The lowest BCUT2D eigenvalue weighted by molar-refractivity contribution is 0.212. The number of halogens is 1. The number of hydrogen-bond donors (Lipinski definition) is 1. The SMILES string of the molecule is CCOc1ccccc1C(O)c1ccc(OC)c(Br)c1. The van der Waals surface area contributed by atoms with E-state index in [1.54, 1.807) is 7.11 Å². The summed E-state index contributed by atoms with van der Waals surface area (Å²) in [5.74, 6) is 1.44. The number of ether oxygens (including phenoxy) is 2. The van der Waals surface area contributed by atoms with Crippen LogP contribution in [0.5, 0.6) is 11.5 Å². The number of methoxy groups -OCH3 is 1. The predicted molar refractivity (Wildman–Crippen MR) is 82.4 cm³/mol. The van der Waals surface area contributed by atoms with Crippen LogP contribution in [0, 0.1) is 0 Å². The molecule has 0 bridgehead atoms. The Balaban J connectivity index is 2.36. The highest BCUT2D eigenvalue weighted by molar-refractivity contribution is 9.10. The van der Waals surface area contributed by atoms with E-state index in [0.29, 0.717) is 12.4 Å². The first-order valence-electron chi connectivity index (χ1n) is 6.40. The molecule has 3 nitrogen and oxygen atoms in total. The second kappa shape index (κ2) is 6.77. The predicted octanol–water partition coefficient (Wildman–Crippen LogP) is 3.94. The number of aliphatic hydroxyl groups is 1. The molecule has 2 aromatic carbocycles. The van der Waals surface area contributed by atoms with Crippen LogP contribution in [0.3, 0.4) is 0 Å². The van der Waals surface area contributed by atoms with Crippen molar-refractivity contribution in [3.05, 3.63) is 58.1 Å². The van der Waals surface area contributed by atoms with Gasteiger partial charge in [-0.3, -0.25) is 0 Å². The molecule has 20 heavy (non-hydrogen) atoms. The van der Waals surface area contributed by atoms with E-state index in [1.165, 1.54) is 0 Å². The van der Waals surface area contributed by atoms with Gasteiger partial charge >= 0.3 is 0 Å². The lowest BCUT2D eigenvalue weighted by atomic mass is 10.0. The molecule has 4 heteroatoms. The van der Waals surface area contributed by atoms with Gasteiger partial charge in [-0.15, -0.1) is 0 Å². The van der Waals surface area contributed by atoms with Gasteiger partial charge in [0.15, 0.2) is 0 Å². The molecule has 1 N–H and O–H groups in total. The van der Waals surface area contributed by atoms with Crippen molar-refractivity contribution in [2.75, 3.05) is 13.7 Å². The maximum Gasteiger partial charge on any atom is 0.133 e. The third kappa shape index (κ3) is 3.14. The zero-order chi connectivity index (χ0) is 14.5. The zero-order valence-electron chi connectivity index (χ0n) is 11.5. The average Bonchev–Trinajstić information content (AvgIpc) is 2.47. The first-order chi connectivity index (χ1) is 9.67. The van der Waals surface area contributed by atoms with E-state index in [2.05, 4.69) is 15.9 Å². The van der Waals surface area contributed by atoms with E-state index in [0.717, 1.165) is 21.3 Å². The Morgan fingerprint density at radius 2 is 1.90 bits per heavy atom. The molecule has 0 amide bonds. The highest BCUT2D eigenvalue weighted by Gasteiger charge is 2.16. The minimum atomic E-state index is -0.736. The summed E-state index contributed by atoms with van der Waals surface area (Å²) < 4.78 is 11.6. The molecule has 0 radical (unpaired) electrons. The van der Waals surface area contributed by atoms with Crippen LogP contribution in [-0.4, -0.2) is 18.8 Å². The van der Waals surface area contributed by atoms with Crippen LogP contribution < -0.4 is 9.47 Å². The molecule has 2 rings (SSSR count). The molecule has 1 atom stereocenters. The summed E-state index contributed by atoms with van der Waals surface area (Å²) in [5.41, 5.74) is 1.54. The topological polar surface area (TPSA) is 38.7 Å². The van der Waals surface area contributed by atoms with Crippen molar-refractivity contribution in [3.8, 4) is 11.5 Å². The van der Waals surface area contributed by atoms with E-state index in [1.807, 2.05) is 49.4 Å². The largest absolute Gasteiger partial charge is 0.496 e. The molecule has 0 saturated carbocycles. The average molecular weight is 337 g/mol. The van der Waals surface area contributed by atoms with Gasteiger partial charge in [0.05, 0.1) is 18.2 Å². The van der Waals surface area contributed by atoms with Crippen LogP contribution in [-0.2, 0) is 0 Å². The van der Waals surface area contributed by atoms with Crippen molar-refractivity contribution in [2.24, 2.45) is 0 Å². The van der Waals surface area contributed by atoms with Crippen LogP contribution in [0.25, 0.3) is 0 Å². The van der Waals surface area contributed by atoms with Crippen LogP contribution in [0.4, 0.5) is 0 Å². The molecule has 0 aromatic heterocycles. The fraction of sp³-hybridized carbons (Fsp3) is 0.250. The van der Waals surface area contributed by atoms with Gasteiger partial charge in [-0.2, -0.15) is 0 Å². The van der Waals surface area contributed by atoms with E-state index in [9.17, 15) is 5.11 Å². The van der Waals surface area contributed by atoms with Crippen LogP contribution in [0.1, 0.15) is 24.2 Å². The smallest absolute Gasteiger partial charge is 0.133 e. The Kier molecular flexibility index (Phi) is 5.04. The van der Waals surface area contributed by atoms with Crippen molar-refractivity contribution in [2.45, 2.75) is 13.0 Å². The van der Waals surface area contributed by atoms with Crippen molar-refractivity contribution in [1.29, 1.82) is 0 Å². The number of hydrogen-bond acceptors (Lipinski definition) is 3. The van der Waals surface area contributed by atoms with Gasteiger partial charge in [0.25, 0.3) is 0 Å². The summed E-state index contributed by atoms with van der Waals surface area (Å²) in [6, 6.07) is 13.0. The minimum Gasteiger partial charge on any atom is -0.496 e. The maximum absolute atomic E-state index is 10.5. The Hall–Kier alpha value is -1.52. The fourth-order valence-corrected chi connectivity index (χ4v) is 2.58. The van der Waals surface area contributed by atoms with Gasteiger partial charge in [0.2, 0.25) is 0 Å². The minimum absolute atomic E-state index is 0.566. The Morgan fingerprint density at radius 1 is 1.15 bits per heavy atom. The standard InChI is InChI=1S/C16H17BrO3/c1-3-20-14-7-5-4-6-12(14)16(18)11-8-9-15(19-2)13(17)10-11/h4-10,16,18H,3H2,1-2H3. The zero-order valence-corrected chi connectivity index (χ0v) is 13.1. The normalized spacial score (nSPS) is 12.0. The first kappa shape index (κ1) is 14.9. The molecule has 106 valence electrons. The van der Waals surface area contributed by atoms with Crippen LogP contribution in [0.15, 0.2) is 46.9 Å². The molecular weight excluding hydrogens is 320 g/mol. The maximum atomic E-state index is 10.5. The van der Waals surface area contributed by atoms with Gasteiger partial charge in [-0.1, -0.05) is 24.3 Å². The van der Waals surface area contributed by atoms with Crippen molar-refractivity contribution < 1.29 is 14.6 Å². The molecule has 0 aliphatic heterocycles. The van der Waals surface area contributed by atoms with Gasteiger partial charge in [-0.05, 0) is 46.6 Å². The lowest BCUT2D eigenvalue weighted by Gasteiger charge is -2.16. The molecule has 0 fully saturated rings. The van der Waals surface area contributed by atoms with Crippen LogP contribution >= 0.6 is 15.9 Å².